The van der Waals surface area contributed by atoms with E-state index in [9.17, 15) is 4.91 Å². The Kier molecular flexibility index (Phi) is 6.72. The summed E-state index contributed by atoms with van der Waals surface area (Å²) < 4.78 is 0. The maximum atomic E-state index is 11.0. The van der Waals surface area contributed by atoms with Crippen molar-refractivity contribution in [2.24, 2.45) is 10.6 Å². The van der Waals surface area contributed by atoms with Crippen LogP contribution in [0.3, 0.4) is 0 Å². The number of aromatic nitrogens is 3. The zero-order valence-electron chi connectivity index (χ0n) is 18.1. The van der Waals surface area contributed by atoms with Gasteiger partial charge in [-0.25, -0.2) is 0 Å². The van der Waals surface area contributed by atoms with Gasteiger partial charge < -0.3 is 20.9 Å². The van der Waals surface area contributed by atoms with Crippen LogP contribution in [0, 0.1) is 17.2 Å². The fourth-order valence-corrected chi connectivity index (χ4v) is 3.64. The number of halogens is 1. The Morgan fingerprint density at radius 2 is 2.00 bits per heavy atom. The van der Waals surface area contributed by atoms with Gasteiger partial charge in [-0.1, -0.05) is 32.4 Å². The summed E-state index contributed by atoms with van der Waals surface area (Å²) >= 11 is 6.07. The largest absolute Gasteiger partial charge is 0.350 e. The first-order valence-electron chi connectivity index (χ1n) is 9.99. The number of nitroso groups, excluding NO2 is 1. The number of aryl methyl sites for hydroxylation is 1. The Morgan fingerprint density at radius 1 is 1.27 bits per heavy atom. The molecule has 9 nitrogen and oxygen atoms in total. The lowest BCUT2D eigenvalue weighted by atomic mass is 9.96. The number of nitrogens with one attached hydrogen (secondary N) is 3. The highest BCUT2D eigenvalue weighted by molar-refractivity contribution is 6.33. The quantitative estimate of drug-likeness (QED) is 0.558. The highest BCUT2D eigenvalue weighted by atomic mass is 35.5. The molecule has 2 heterocycles. The fraction of sp³-hybridized carbons (Fsp3) is 0.550. The molecule has 0 saturated carbocycles. The van der Waals surface area contributed by atoms with Gasteiger partial charge in [0.1, 0.15) is 5.69 Å². The molecular formula is C20H29ClN8O. The van der Waals surface area contributed by atoms with E-state index >= 15 is 0 Å². The van der Waals surface area contributed by atoms with Crippen LogP contribution < -0.4 is 20.9 Å². The van der Waals surface area contributed by atoms with Crippen LogP contribution in [0.5, 0.6) is 0 Å². The van der Waals surface area contributed by atoms with Crippen molar-refractivity contribution < 1.29 is 0 Å². The van der Waals surface area contributed by atoms with Crippen LogP contribution in [0.4, 0.5) is 29.2 Å². The zero-order chi connectivity index (χ0) is 21.9. The van der Waals surface area contributed by atoms with E-state index in [0.717, 1.165) is 31.6 Å². The Morgan fingerprint density at radius 3 is 2.63 bits per heavy atom. The van der Waals surface area contributed by atoms with E-state index in [1.54, 1.807) is 12.1 Å². The van der Waals surface area contributed by atoms with Crippen molar-refractivity contribution in [2.75, 3.05) is 42.2 Å². The second kappa shape index (κ2) is 9.09. The number of rotatable bonds is 7. The highest BCUT2D eigenvalue weighted by Gasteiger charge is 2.20. The molecule has 1 aromatic carbocycles. The molecule has 30 heavy (non-hydrogen) atoms. The lowest BCUT2D eigenvalue weighted by Crippen LogP contribution is -2.31. The van der Waals surface area contributed by atoms with Gasteiger partial charge in [0.15, 0.2) is 0 Å². The van der Waals surface area contributed by atoms with Crippen molar-refractivity contribution in [1.82, 2.24) is 20.3 Å². The summed E-state index contributed by atoms with van der Waals surface area (Å²) in [7, 11) is 1.97. The first-order valence-corrected chi connectivity index (χ1v) is 10.4. The molecule has 162 valence electrons. The van der Waals surface area contributed by atoms with Crippen LogP contribution in [0.1, 0.15) is 32.8 Å². The first-order chi connectivity index (χ1) is 14.1. The van der Waals surface area contributed by atoms with Gasteiger partial charge in [-0.2, -0.15) is 15.0 Å². The normalized spacial score (nSPS) is 16.4. The van der Waals surface area contributed by atoms with Crippen LogP contribution in [0.25, 0.3) is 0 Å². The lowest BCUT2D eigenvalue weighted by molar-refractivity contribution is 0.416. The Hall–Kier alpha value is -2.52. The van der Waals surface area contributed by atoms with E-state index in [1.165, 1.54) is 0 Å². The number of hydrogen-bond acceptors (Lipinski definition) is 9. The summed E-state index contributed by atoms with van der Waals surface area (Å²) in [5.74, 6) is 1.46. The molecule has 1 atom stereocenters. The van der Waals surface area contributed by atoms with Gasteiger partial charge in [0.05, 0.1) is 5.02 Å². The van der Waals surface area contributed by atoms with Gasteiger partial charge in [0, 0.05) is 31.9 Å². The molecule has 0 radical (unpaired) electrons. The molecule has 1 aliphatic heterocycles. The molecule has 0 bridgehead atoms. The van der Waals surface area contributed by atoms with Crippen molar-refractivity contribution >= 4 is 40.8 Å². The third-order valence-electron chi connectivity index (χ3n) is 4.71. The van der Waals surface area contributed by atoms with Crippen molar-refractivity contribution in [3.63, 3.8) is 0 Å². The van der Waals surface area contributed by atoms with E-state index < -0.39 is 0 Å². The molecule has 0 spiro atoms. The predicted molar refractivity (Wildman–Crippen MR) is 122 cm³/mol. The third-order valence-corrected chi connectivity index (χ3v) is 5.01. The van der Waals surface area contributed by atoms with Gasteiger partial charge in [-0.3, -0.25) is 0 Å². The summed E-state index contributed by atoms with van der Waals surface area (Å²) in [5, 5.41) is 13.2. The number of hydrogen-bond donors (Lipinski definition) is 3. The van der Waals surface area contributed by atoms with Crippen LogP contribution in [0.15, 0.2) is 17.3 Å². The molecule has 1 saturated heterocycles. The van der Waals surface area contributed by atoms with Crippen LogP contribution >= 0.6 is 11.6 Å². The fourth-order valence-electron chi connectivity index (χ4n) is 3.38. The molecule has 3 rings (SSSR count). The number of benzene rings is 1. The first kappa shape index (κ1) is 22.2. The molecule has 3 N–H and O–H groups in total. The van der Waals surface area contributed by atoms with E-state index in [4.69, 9.17) is 11.6 Å². The Labute approximate surface area is 182 Å². The minimum absolute atomic E-state index is 0.0786. The van der Waals surface area contributed by atoms with Gasteiger partial charge in [0.2, 0.25) is 17.8 Å². The van der Waals surface area contributed by atoms with Gasteiger partial charge in [-0.05, 0) is 48.2 Å². The molecule has 1 aliphatic rings. The topological polar surface area (TPSA) is 107 Å². The smallest absolute Gasteiger partial charge is 0.233 e. The van der Waals surface area contributed by atoms with E-state index in [0.29, 0.717) is 28.6 Å². The average Bonchev–Trinajstić information content (AvgIpc) is 3.15. The van der Waals surface area contributed by atoms with Gasteiger partial charge in [-0.15, -0.1) is 4.91 Å². The van der Waals surface area contributed by atoms with E-state index in [1.807, 2.05) is 18.9 Å². The maximum absolute atomic E-state index is 11.0. The summed E-state index contributed by atoms with van der Waals surface area (Å²) in [5.41, 5.74) is 1.76. The molecule has 0 aliphatic carbocycles. The molecule has 0 unspecified atom stereocenters. The second-order valence-corrected chi connectivity index (χ2v) is 9.28. The summed E-state index contributed by atoms with van der Waals surface area (Å²) in [6, 6.07) is 3.56. The molecule has 1 aromatic heterocycles. The molecule has 0 amide bonds. The third kappa shape index (κ3) is 5.76. The summed E-state index contributed by atoms with van der Waals surface area (Å²) in [4.78, 5) is 26.8. The predicted octanol–water partition coefficient (Wildman–Crippen LogP) is 4.23. The highest BCUT2D eigenvalue weighted by Crippen LogP contribution is 2.32. The lowest BCUT2D eigenvalue weighted by Gasteiger charge is -2.27. The Bertz CT molecular complexity index is 908. The molecule has 1 fully saturated rings. The standard InChI is InChI=1S/C20H29ClN8O/c1-12-8-14(21)16(28-30)9-15(12)24-18-25-17(23-13-6-7-22-10-13)26-19(27-18)29(5)11-20(2,3)4/h8-9,13,22H,6-7,10-11H2,1-5H3,(H2,23,24,25,26,27)/t13-/m0/s1. The summed E-state index contributed by atoms with van der Waals surface area (Å²) in [6.45, 7) is 11.0. The van der Waals surface area contributed by atoms with Crippen LogP contribution in [0.2, 0.25) is 5.02 Å². The molecular weight excluding hydrogens is 404 g/mol. The van der Waals surface area contributed by atoms with Gasteiger partial charge >= 0.3 is 0 Å². The van der Waals surface area contributed by atoms with Crippen molar-refractivity contribution in [3.8, 4) is 0 Å². The van der Waals surface area contributed by atoms with Crippen LogP contribution in [-0.4, -0.2) is 47.7 Å². The van der Waals surface area contributed by atoms with E-state index in [-0.39, 0.29) is 17.1 Å². The summed E-state index contributed by atoms with van der Waals surface area (Å²) in [6.07, 6.45) is 1.01. The van der Waals surface area contributed by atoms with Gasteiger partial charge in [0.25, 0.3) is 0 Å². The second-order valence-electron chi connectivity index (χ2n) is 8.87. The minimum Gasteiger partial charge on any atom is -0.350 e. The molecule has 2 aromatic rings. The van der Waals surface area contributed by atoms with Crippen molar-refractivity contribution in [2.45, 2.75) is 40.2 Å². The minimum atomic E-state index is 0.0786. The number of nitrogens with zero attached hydrogens (tertiary/aromatic N) is 5. The zero-order valence-corrected chi connectivity index (χ0v) is 18.8. The maximum Gasteiger partial charge on any atom is 0.233 e. The Balaban J connectivity index is 1.93. The van der Waals surface area contributed by atoms with Crippen LogP contribution in [-0.2, 0) is 0 Å². The molecule has 10 heteroatoms. The van der Waals surface area contributed by atoms with E-state index in [2.05, 4.69) is 56.9 Å². The average molecular weight is 433 g/mol. The van der Waals surface area contributed by atoms with Crippen molar-refractivity contribution in [1.29, 1.82) is 0 Å². The monoisotopic (exact) mass is 432 g/mol. The SMILES string of the molecule is Cc1cc(Cl)c(N=O)cc1Nc1nc(N[C@H]2CCNC2)nc(N(C)CC(C)(C)C)n1. The number of anilines is 4. The van der Waals surface area contributed by atoms with Crippen molar-refractivity contribution in [3.05, 3.63) is 27.6 Å².